The van der Waals surface area contributed by atoms with E-state index in [4.69, 9.17) is 4.74 Å². The van der Waals surface area contributed by atoms with E-state index in [0.717, 1.165) is 45.1 Å². The summed E-state index contributed by atoms with van der Waals surface area (Å²) in [6, 6.07) is 0.282. The number of likely N-dealkylation sites (tertiary alicyclic amines) is 1. The van der Waals surface area contributed by atoms with Crippen LogP contribution in [0.1, 0.15) is 45.4 Å². The Labute approximate surface area is 119 Å². The Morgan fingerprint density at radius 1 is 1.15 bits per heavy atom. The zero-order valence-electron chi connectivity index (χ0n) is 12.0. The average molecular weight is 281 g/mol. The number of carbonyl (C=O) groups is 2. The highest BCUT2D eigenvalue weighted by molar-refractivity contribution is 5.87. The summed E-state index contributed by atoms with van der Waals surface area (Å²) in [6.45, 7) is 2.87. The molecule has 112 valence electrons. The van der Waals surface area contributed by atoms with Crippen molar-refractivity contribution in [1.82, 2.24) is 4.90 Å². The van der Waals surface area contributed by atoms with Crippen molar-refractivity contribution in [3.63, 3.8) is 0 Å². The molecule has 1 amide bonds. The van der Waals surface area contributed by atoms with Crippen molar-refractivity contribution < 1.29 is 19.4 Å². The molecule has 0 aromatic carbocycles. The highest BCUT2D eigenvalue weighted by atomic mass is 16.5. The number of carboxylic acid groups (broad SMARTS) is 1. The van der Waals surface area contributed by atoms with Gasteiger partial charge in [0.05, 0.1) is 24.0 Å². The summed E-state index contributed by atoms with van der Waals surface area (Å²) in [4.78, 5) is 26.3. The first-order chi connectivity index (χ1) is 9.63. The number of amides is 1. The quantitative estimate of drug-likeness (QED) is 0.854. The fourth-order valence-electron chi connectivity index (χ4n) is 4.21. The molecule has 0 saturated carbocycles. The van der Waals surface area contributed by atoms with Gasteiger partial charge >= 0.3 is 5.97 Å². The van der Waals surface area contributed by atoms with Crippen LogP contribution in [-0.2, 0) is 14.3 Å². The summed E-state index contributed by atoms with van der Waals surface area (Å²) in [6.07, 6.45) is 5.37. The second kappa shape index (κ2) is 5.35. The molecule has 3 aliphatic rings. The molecule has 5 nitrogen and oxygen atoms in total. The monoisotopic (exact) mass is 281 g/mol. The molecular weight excluding hydrogens is 258 g/mol. The lowest BCUT2D eigenvalue weighted by atomic mass is 9.78. The second-order valence-corrected chi connectivity index (χ2v) is 6.27. The molecule has 3 rings (SSSR count). The summed E-state index contributed by atoms with van der Waals surface area (Å²) in [5.74, 6) is -1.95. The van der Waals surface area contributed by atoms with Crippen molar-refractivity contribution in [2.75, 3.05) is 6.54 Å². The van der Waals surface area contributed by atoms with Gasteiger partial charge in [0, 0.05) is 12.6 Å². The molecule has 0 aromatic heterocycles. The number of fused-ring (bicyclic) bond motifs is 2. The smallest absolute Gasteiger partial charge is 0.310 e. The molecule has 3 saturated heterocycles. The van der Waals surface area contributed by atoms with Crippen LogP contribution in [0.15, 0.2) is 0 Å². The molecule has 5 heteroatoms. The van der Waals surface area contributed by atoms with E-state index in [1.54, 1.807) is 0 Å². The summed E-state index contributed by atoms with van der Waals surface area (Å²) < 4.78 is 5.71. The third-order valence-electron chi connectivity index (χ3n) is 5.23. The molecule has 3 heterocycles. The SMILES string of the molecule is CC[C@H]1CCCCN1C(=O)[C@H]1[C@@H](C(=O)O)[C@H]2CC[C@@H]1O2. The number of carbonyl (C=O) groups excluding carboxylic acids is 1. The first kappa shape index (κ1) is 13.9. The van der Waals surface area contributed by atoms with Crippen molar-refractivity contribution in [2.24, 2.45) is 11.8 Å². The molecule has 0 unspecified atom stereocenters. The normalized spacial score (nSPS) is 40.0. The van der Waals surface area contributed by atoms with E-state index in [1.807, 2.05) is 4.90 Å². The highest BCUT2D eigenvalue weighted by Crippen LogP contribution is 2.45. The van der Waals surface area contributed by atoms with Crippen LogP contribution in [0.3, 0.4) is 0 Å². The minimum Gasteiger partial charge on any atom is -0.481 e. The summed E-state index contributed by atoms with van der Waals surface area (Å²) in [5.41, 5.74) is 0. The number of hydrogen-bond acceptors (Lipinski definition) is 3. The zero-order chi connectivity index (χ0) is 14.3. The highest BCUT2D eigenvalue weighted by Gasteiger charge is 2.56. The van der Waals surface area contributed by atoms with Crippen LogP contribution in [0.2, 0.25) is 0 Å². The maximum Gasteiger partial charge on any atom is 0.310 e. The van der Waals surface area contributed by atoms with Crippen molar-refractivity contribution in [3.8, 4) is 0 Å². The number of piperidine rings is 1. The van der Waals surface area contributed by atoms with Crippen LogP contribution in [-0.4, -0.2) is 46.7 Å². The minimum absolute atomic E-state index is 0.0242. The molecule has 1 N–H and O–H groups in total. The van der Waals surface area contributed by atoms with E-state index < -0.39 is 17.8 Å². The number of carboxylic acids is 1. The minimum atomic E-state index is -0.874. The van der Waals surface area contributed by atoms with Gasteiger partial charge in [0.25, 0.3) is 0 Å². The van der Waals surface area contributed by atoms with Crippen molar-refractivity contribution in [1.29, 1.82) is 0 Å². The lowest BCUT2D eigenvalue weighted by Crippen LogP contribution is -2.51. The lowest BCUT2D eigenvalue weighted by Gasteiger charge is -2.38. The molecule has 0 spiro atoms. The van der Waals surface area contributed by atoms with Gasteiger partial charge in [0.1, 0.15) is 0 Å². The van der Waals surface area contributed by atoms with Gasteiger partial charge in [-0.15, -0.1) is 0 Å². The first-order valence-electron chi connectivity index (χ1n) is 7.82. The third-order valence-corrected chi connectivity index (χ3v) is 5.23. The Hall–Kier alpha value is -1.10. The van der Waals surface area contributed by atoms with E-state index in [0.29, 0.717) is 0 Å². The van der Waals surface area contributed by atoms with E-state index in [-0.39, 0.29) is 24.2 Å². The average Bonchev–Trinajstić information content (AvgIpc) is 3.06. The summed E-state index contributed by atoms with van der Waals surface area (Å²) in [7, 11) is 0. The van der Waals surface area contributed by atoms with Gasteiger partial charge in [-0.2, -0.15) is 0 Å². The number of rotatable bonds is 3. The number of nitrogens with zero attached hydrogens (tertiary/aromatic N) is 1. The number of aliphatic carboxylic acids is 1. The fraction of sp³-hybridized carbons (Fsp3) is 0.867. The molecule has 0 aromatic rings. The van der Waals surface area contributed by atoms with E-state index in [1.165, 1.54) is 0 Å². The molecule has 20 heavy (non-hydrogen) atoms. The van der Waals surface area contributed by atoms with Gasteiger partial charge in [-0.3, -0.25) is 9.59 Å². The zero-order valence-corrected chi connectivity index (χ0v) is 12.0. The molecule has 3 fully saturated rings. The van der Waals surface area contributed by atoms with Gasteiger partial charge in [-0.25, -0.2) is 0 Å². The molecule has 0 radical (unpaired) electrons. The maximum absolute atomic E-state index is 12.9. The van der Waals surface area contributed by atoms with E-state index in [2.05, 4.69) is 6.92 Å². The van der Waals surface area contributed by atoms with Gasteiger partial charge in [0.2, 0.25) is 5.91 Å². The van der Waals surface area contributed by atoms with Gasteiger partial charge in [-0.1, -0.05) is 6.92 Å². The molecular formula is C15H23NO4. The predicted octanol–water partition coefficient (Wildman–Crippen LogP) is 1.66. The van der Waals surface area contributed by atoms with Gasteiger partial charge in [0.15, 0.2) is 0 Å². The Balaban J connectivity index is 1.80. The van der Waals surface area contributed by atoms with Crippen LogP contribution in [0, 0.1) is 11.8 Å². The van der Waals surface area contributed by atoms with E-state index in [9.17, 15) is 14.7 Å². The fourth-order valence-corrected chi connectivity index (χ4v) is 4.21. The van der Waals surface area contributed by atoms with Gasteiger partial charge < -0.3 is 14.7 Å². The number of hydrogen-bond donors (Lipinski definition) is 1. The van der Waals surface area contributed by atoms with Crippen molar-refractivity contribution in [3.05, 3.63) is 0 Å². The first-order valence-corrected chi connectivity index (χ1v) is 7.82. The maximum atomic E-state index is 12.9. The number of ether oxygens (including phenoxy) is 1. The Bertz CT molecular complexity index is 411. The largest absolute Gasteiger partial charge is 0.481 e. The van der Waals surface area contributed by atoms with Crippen LogP contribution in [0.4, 0.5) is 0 Å². The van der Waals surface area contributed by atoms with Crippen LogP contribution < -0.4 is 0 Å². The van der Waals surface area contributed by atoms with Crippen LogP contribution in [0.25, 0.3) is 0 Å². The van der Waals surface area contributed by atoms with Gasteiger partial charge in [-0.05, 0) is 38.5 Å². The molecule has 0 aliphatic carbocycles. The summed E-state index contributed by atoms with van der Waals surface area (Å²) in [5, 5.41) is 9.43. The van der Waals surface area contributed by atoms with E-state index >= 15 is 0 Å². The third kappa shape index (κ3) is 2.12. The van der Waals surface area contributed by atoms with Crippen LogP contribution in [0.5, 0.6) is 0 Å². The Kier molecular flexibility index (Phi) is 3.71. The molecule has 3 aliphatic heterocycles. The molecule has 2 bridgehead atoms. The Morgan fingerprint density at radius 2 is 1.85 bits per heavy atom. The lowest BCUT2D eigenvalue weighted by molar-refractivity contribution is -0.152. The standard InChI is InChI=1S/C15H23NO4/c1-2-9-5-3-4-8-16(9)14(17)12-10-6-7-11(20-10)13(12)15(18)19/h9-13H,2-8H2,1H3,(H,18,19)/t9-,10-,11+,12+,13-/m0/s1. The topological polar surface area (TPSA) is 66.8 Å². The molecule has 5 atom stereocenters. The summed E-state index contributed by atoms with van der Waals surface area (Å²) >= 11 is 0. The second-order valence-electron chi connectivity index (χ2n) is 6.27. The van der Waals surface area contributed by atoms with Crippen molar-refractivity contribution in [2.45, 2.75) is 63.7 Å². The Morgan fingerprint density at radius 3 is 2.50 bits per heavy atom. The predicted molar refractivity (Wildman–Crippen MR) is 72.2 cm³/mol. The van der Waals surface area contributed by atoms with Crippen LogP contribution >= 0.6 is 0 Å². The van der Waals surface area contributed by atoms with Crippen molar-refractivity contribution >= 4 is 11.9 Å².